The molecule has 0 aliphatic rings. The summed E-state index contributed by atoms with van der Waals surface area (Å²) in [5.41, 5.74) is 2.66. The standard InChI is InChI=1S/C11H11BrN4O2/c1-7-3-4-8(18-7)5-13-14-11(17)10-9(12)6-16(2)15-10/h3-6H,1-2H3,(H,14,17). The predicted molar refractivity (Wildman–Crippen MR) is 69.4 cm³/mol. The van der Waals surface area contributed by atoms with Crippen molar-refractivity contribution in [2.75, 3.05) is 0 Å². The summed E-state index contributed by atoms with van der Waals surface area (Å²) >= 11 is 3.24. The van der Waals surface area contributed by atoms with Crippen LogP contribution in [0.5, 0.6) is 0 Å². The van der Waals surface area contributed by atoms with Gasteiger partial charge in [-0.05, 0) is 35.0 Å². The van der Waals surface area contributed by atoms with Crippen LogP contribution < -0.4 is 5.43 Å². The van der Waals surface area contributed by atoms with E-state index in [0.29, 0.717) is 10.2 Å². The summed E-state index contributed by atoms with van der Waals surface area (Å²) < 4.78 is 7.43. The SMILES string of the molecule is Cc1ccc(C=NNC(=O)c2nn(C)cc2Br)o1. The van der Waals surface area contributed by atoms with Gasteiger partial charge in [0.25, 0.3) is 5.91 Å². The van der Waals surface area contributed by atoms with Gasteiger partial charge in [-0.15, -0.1) is 0 Å². The molecule has 0 saturated carbocycles. The van der Waals surface area contributed by atoms with Crippen molar-refractivity contribution in [1.82, 2.24) is 15.2 Å². The van der Waals surface area contributed by atoms with Crippen molar-refractivity contribution in [1.29, 1.82) is 0 Å². The Bertz CT molecular complexity index is 600. The van der Waals surface area contributed by atoms with Gasteiger partial charge in [-0.25, -0.2) is 5.43 Å². The molecule has 0 spiro atoms. The number of rotatable bonds is 3. The Morgan fingerprint density at radius 3 is 2.94 bits per heavy atom. The molecule has 2 aromatic rings. The fourth-order valence-electron chi connectivity index (χ4n) is 1.34. The van der Waals surface area contributed by atoms with Crippen LogP contribution >= 0.6 is 15.9 Å². The molecule has 18 heavy (non-hydrogen) atoms. The van der Waals surface area contributed by atoms with E-state index in [9.17, 15) is 4.79 Å². The van der Waals surface area contributed by atoms with Crippen LogP contribution in [0, 0.1) is 6.92 Å². The van der Waals surface area contributed by atoms with E-state index in [-0.39, 0.29) is 11.6 Å². The normalized spacial score (nSPS) is 11.1. The number of nitrogens with one attached hydrogen (secondary N) is 1. The molecule has 2 rings (SSSR count). The van der Waals surface area contributed by atoms with Crippen molar-refractivity contribution in [3.8, 4) is 0 Å². The average molecular weight is 311 g/mol. The van der Waals surface area contributed by atoms with Gasteiger partial charge in [0.1, 0.15) is 11.5 Å². The Labute approximate surface area is 112 Å². The topological polar surface area (TPSA) is 72.4 Å². The van der Waals surface area contributed by atoms with E-state index in [1.165, 1.54) is 6.21 Å². The Hall–Kier alpha value is -1.89. The van der Waals surface area contributed by atoms with Crippen LogP contribution in [0.25, 0.3) is 0 Å². The third-order valence-electron chi connectivity index (χ3n) is 2.12. The molecule has 0 aliphatic carbocycles. The first-order valence-corrected chi connectivity index (χ1v) is 5.94. The highest BCUT2D eigenvalue weighted by molar-refractivity contribution is 9.10. The van der Waals surface area contributed by atoms with Gasteiger partial charge >= 0.3 is 0 Å². The number of furan rings is 1. The second-order valence-corrected chi connectivity index (χ2v) is 4.50. The molecule has 2 aromatic heterocycles. The summed E-state index contributed by atoms with van der Waals surface area (Å²) in [6.07, 6.45) is 3.12. The monoisotopic (exact) mass is 310 g/mol. The highest BCUT2D eigenvalue weighted by Gasteiger charge is 2.13. The second-order valence-electron chi connectivity index (χ2n) is 3.65. The van der Waals surface area contributed by atoms with E-state index in [1.807, 2.05) is 13.0 Å². The predicted octanol–water partition coefficient (Wildman–Crippen LogP) is 1.85. The molecule has 0 bridgehead atoms. The van der Waals surface area contributed by atoms with Crippen LogP contribution in [-0.2, 0) is 7.05 Å². The number of carbonyl (C=O) groups excluding carboxylic acids is 1. The number of carbonyl (C=O) groups is 1. The summed E-state index contributed by atoms with van der Waals surface area (Å²) in [6.45, 7) is 1.83. The van der Waals surface area contributed by atoms with E-state index < -0.39 is 0 Å². The van der Waals surface area contributed by atoms with E-state index in [0.717, 1.165) is 5.76 Å². The molecule has 2 heterocycles. The van der Waals surface area contributed by atoms with Crippen molar-refractivity contribution in [3.63, 3.8) is 0 Å². The fraction of sp³-hybridized carbons (Fsp3) is 0.182. The summed E-state index contributed by atoms with van der Waals surface area (Å²) in [7, 11) is 1.73. The van der Waals surface area contributed by atoms with Gasteiger partial charge < -0.3 is 4.42 Å². The first kappa shape index (κ1) is 12.6. The summed E-state index contributed by atoms with van der Waals surface area (Å²) in [5.74, 6) is 0.977. The summed E-state index contributed by atoms with van der Waals surface area (Å²) in [4.78, 5) is 11.7. The van der Waals surface area contributed by atoms with Crippen molar-refractivity contribution in [2.45, 2.75) is 6.92 Å². The lowest BCUT2D eigenvalue weighted by atomic mass is 10.4. The van der Waals surface area contributed by atoms with Crippen LogP contribution in [0.3, 0.4) is 0 Å². The molecule has 1 amide bonds. The molecule has 0 aromatic carbocycles. The van der Waals surface area contributed by atoms with Crippen LogP contribution in [0.1, 0.15) is 22.0 Å². The smallest absolute Gasteiger partial charge is 0.293 e. The minimum atomic E-state index is -0.387. The van der Waals surface area contributed by atoms with E-state index >= 15 is 0 Å². The Morgan fingerprint density at radius 2 is 2.39 bits per heavy atom. The van der Waals surface area contributed by atoms with Gasteiger partial charge in [-0.1, -0.05) is 0 Å². The lowest BCUT2D eigenvalue weighted by molar-refractivity contribution is 0.0948. The zero-order valence-corrected chi connectivity index (χ0v) is 11.4. The van der Waals surface area contributed by atoms with E-state index in [4.69, 9.17) is 4.42 Å². The maximum atomic E-state index is 11.7. The van der Waals surface area contributed by atoms with Crippen molar-refractivity contribution in [3.05, 3.63) is 40.0 Å². The third kappa shape index (κ3) is 2.86. The van der Waals surface area contributed by atoms with Gasteiger partial charge in [0.05, 0.1) is 10.7 Å². The van der Waals surface area contributed by atoms with Crippen LogP contribution in [0.2, 0.25) is 0 Å². The number of amides is 1. The Kier molecular flexibility index (Phi) is 3.61. The molecule has 94 valence electrons. The van der Waals surface area contributed by atoms with Crippen LogP contribution in [0.15, 0.2) is 32.3 Å². The summed E-state index contributed by atoms with van der Waals surface area (Å²) in [5, 5.41) is 7.79. The molecule has 0 aliphatic heterocycles. The molecule has 0 radical (unpaired) electrons. The van der Waals surface area contributed by atoms with Crippen molar-refractivity contribution in [2.24, 2.45) is 12.1 Å². The molecule has 7 heteroatoms. The zero-order valence-electron chi connectivity index (χ0n) is 9.85. The number of aryl methyl sites for hydroxylation is 2. The van der Waals surface area contributed by atoms with Crippen molar-refractivity contribution < 1.29 is 9.21 Å². The molecule has 0 saturated heterocycles. The largest absolute Gasteiger partial charge is 0.460 e. The second kappa shape index (κ2) is 5.18. The fourth-order valence-corrected chi connectivity index (χ4v) is 1.90. The van der Waals surface area contributed by atoms with E-state index in [1.54, 1.807) is 24.0 Å². The van der Waals surface area contributed by atoms with Gasteiger partial charge in [0.15, 0.2) is 5.69 Å². The Balaban J connectivity index is 2.00. The zero-order chi connectivity index (χ0) is 13.1. The third-order valence-corrected chi connectivity index (χ3v) is 2.70. The van der Waals surface area contributed by atoms with Crippen LogP contribution in [0.4, 0.5) is 0 Å². The molecule has 0 fully saturated rings. The van der Waals surface area contributed by atoms with Gasteiger partial charge in [-0.3, -0.25) is 9.48 Å². The number of halogens is 1. The highest BCUT2D eigenvalue weighted by atomic mass is 79.9. The minimum absolute atomic E-state index is 0.283. The maximum absolute atomic E-state index is 11.7. The lowest BCUT2D eigenvalue weighted by Crippen LogP contribution is -2.18. The average Bonchev–Trinajstić information content (AvgIpc) is 2.85. The molecule has 0 atom stereocenters. The van der Waals surface area contributed by atoms with Gasteiger partial charge in [0.2, 0.25) is 0 Å². The number of aromatic nitrogens is 2. The van der Waals surface area contributed by atoms with Crippen LogP contribution in [-0.4, -0.2) is 21.9 Å². The first-order valence-electron chi connectivity index (χ1n) is 5.15. The Morgan fingerprint density at radius 1 is 1.61 bits per heavy atom. The number of hydrogen-bond acceptors (Lipinski definition) is 4. The quantitative estimate of drug-likeness (QED) is 0.694. The molecular weight excluding hydrogens is 300 g/mol. The molecule has 0 unspecified atom stereocenters. The van der Waals surface area contributed by atoms with E-state index in [2.05, 4.69) is 31.6 Å². The van der Waals surface area contributed by atoms with Gasteiger partial charge in [0, 0.05) is 13.2 Å². The molecular formula is C11H11BrN4O2. The first-order chi connectivity index (χ1) is 8.56. The number of hydrazone groups is 1. The maximum Gasteiger partial charge on any atom is 0.293 e. The molecule has 1 N–H and O–H groups in total. The minimum Gasteiger partial charge on any atom is -0.460 e. The number of nitrogens with zero attached hydrogens (tertiary/aromatic N) is 3. The summed E-state index contributed by atoms with van der Waals surface area (Å²) in [6, 6.07) is 3.58. The molecule has 6 nitrogen and oxygen atoms in total. The lowest BCUT2D eigenvalue weighted by Gasteiger charge is -1.95. The highest BCUT2D eigenvalue weighted by Crippen LogP contribution is 2.13. The number of hydrogen-bond donors (Lipinski definition) is 1. The van der Waals surface area contributed by atoms with Crippen molar-refractivity contribution >= 4 is 28.1 Å². The van der Waals surface area contributed by atoms with Gasteiger partial charge in [-0.2, -0.15) is 10.2 Å².